The van der Waals surface area contributed by atoms with Gasteiger partial charge in [-0.2, -0.15) is 9.61 Å². The molecule has 0 spiro atoms. The molecule has 0 saturated heterocycles. The Morgan fingerprint density at radius 1 is 1.26 bits per heavy atom. The Morgan fingerprint density at radius 3 is 2.68 bits per heavy atom. The lowest BCUT2D eigenvalue weighted by Gasteiger charge is -2.03. The van der Waals surface area contributed by atoms with Crippen molar-refractivity contribution in [2.45, 2.75) is 0 Å². The Labute approximate surface area is 107 Å². The number of anilines is 1. The van der Waals surface area contributed by atoms with Crippen LogP contribution >= 0.6 is 0 Å². The minimum Gasteiger partial charge on any atom is -0.384 e. The fourth-order valence-corrected chi connectivity index (χ4v) is 1.86. The molecule has 7 nitrogen and oxygen atoms in total. The van der Waals surface area contributed by atoms with Crippen LogP contribution in [-0.4, -0.2) is 19.5 Å². The molecule has 3 rings (SSSR count). The molecule has 0 fully saturated rings. The molecule has 0 amide bonds. The molecule has 19 heavy (non-hydrogen) atoms. The molecule has 3 aromatic rings. The van der Waals surface area contributed by atoms with Crippen LogP contribution in [-0.2, 0) is 0 Å². The fourth-order valence-electron chi connectivity index (χ4n) is 1.86. The van der Waals surface area contributed by atoms with Gasteiger partial charge in [0.2, 0.25) is 5.65 Å². The van der Waals surface area contributed by atoms with Crippen molar-refractivity contribution in [3.8, 4) is 11.3 Å². The second-order valence-electron chi connectivity index (χ2n) is 3.95. The molecule has 0 aliphatic rings. The number of rotatable bonds is 2. The number of nitrogens with zero attached hydrogens (tertiary/aromatic N) is 4. The molecule has 2 aromatic heterocycles. The maximum absolute atomic E-state index is 10.9. The summed E-state index contributed by atoms with van der Waals surface area (Å²) in [7, 11) is 0. The van der Waals surface area contributed by atoms with Crippen molar-refractivity contribution in [2.75, 3.05) is 5.73 Å². The third kappa shape index (κ3) is 1.77. The smallest absolute Gasteiger partial charge is 0.333 e. The van der Waals surface area contributed by atoms with E-state index in [1.165, 1.54) is 4.52 Å². The highest BCUT2D eigenvalue weighted by molar-refractivity contribution is 5.70. The van der Waals surface area contributed by atoms with Crippen molar-refractivity contribution in [2.24, 2.45) is 0 Å². The molecule has 0 unspecified atom stereocenters. The third-order valence-electron chi connectivity index (χ3n) is 2.75. The van der Waals surface area contributed by atoms with E-state index in [1.54, 1.807) is 6.07 Å². The number of nitro groups is 1. The molecule has 0 atom stereocenters. The van der Waals surface area contributed by atoms with Crippen molar-refractivity contribution in [3.05, 3.63) is 52.7 Å². The number of hydrogen-bond donors (Lipinski definition) is 1. The Morgan fingerprint density at radius 2 is 2.00 bits per heavy atom. The number of benzene rings is 1. The number of fused-ring (bicyclic) bond motifs is 1. The van der Waals surface area contributed by atoms with Crippen molar-refractivity contribution in [1.29, 1.82) is 0 Å². The average molecular weight is 255 g/mol. The Hall–Kier alpha value is -2.96. The zero-order chi connectivity index (χ0) is 13.4. The van der Waals surface area contributed by atoms with E-state index in [4.69, 9.17) is 5.73 Å². The van der Waals surface area contributed by atoms with E-state index in [0.29, 0.717) is 11.5 Å². The molecule has 0 saturated carbocycles. The van der Waals surface area contributed by atoms with Crippen LogP contribution in [0, 0.1) is 10.1 Å². The predicted molar refractivity (Wildman–Crippen MR) is 69.5 cm³/mol. The van der Waals surface area contributed by atoms with Gasteiger partial charge in [0.05, 0.1) is 10.6 Å². The Balaban J connectivity index is 2.28. The second-order valence-corrected chi connectivity index (χ2v) is 3.95. The number of nitrogens with two attached hydrogens (primary N) is 1. The standard InChI is InChI=1S/C12H9N5O2/c13-11-6-9(8-4-2-1-3-5-8)15-12-10(17(18)19)7-14-16(11)12/h1-7H,13H2. The Kier molecular flexibility index (Phi) is 2.38. The van der Waals surface area contributed by atoms with E-state index in [2.05, 4.69) is 10.1 Å². The zero-order valence-electron chi connectivity index (χ0n) is 9.72. The SMILES string of the molecule is Nc1cc(-c2ccccc2)nc2c([N+](=O)[O-])cnn12. The largest absolute Gasteiger partial charge is 0.384 e. The summed E-state index contributed by atoms with van der Waals surface area (Å²) < 4.78 is 1.25. The molecule has 0 aliphatic heterocycles. The maximum Gasteiger partial charge on any atom is 0.333 e. The molecule has 2 heterocycles. The van der Waals surface area contributed by atoms with Gasteiger partial charge in [0.1, 0.15) is 12.0 Å². The minimum absolute atomic E-state index is 0.142. The van der Waals surface area contributed by atoms with Crippen molar-refractivity contribution < 1.29 is 4.92 Å². The number of aromatic nitrogens is 3. The predicted octanol–water partition coefficient (Wildman–Crippen LogP) is 1.89. The normalized spacial score (nSPS) is 10.7. The molecule has 0 radical (unpaired) electrons. The molecular formula is C12H9N5O2. The summed E-state index contributed by atoms with van der Waals surface area (Å²) in [6.45, 7) is 0. The van der Waals surface area contributed by atoms with Gasteiger partial charge >= 0.3 is 5.69 Å². The number of hydrogen-bond acceptors (Lipinski definition) is 5. The highest BCUT2D eigenvalue weighted by Gasteiger charge is 2.18. The monoisotopic (exact) mass is 255 g/mol. The average Bonchev–Trinajstić information content (AvgIpc) is 2.84. The molecule has 7 heteroatoms. The van der Waals surface area contributed by atoms with E-state index in [-0.39, 0.29) is 11.3 Å². The summed E-state index contributed by atoms with van der Waals surface area (Å²) >= 11 is 0. The van der Waals surface area contributed by atoms with E-state index in [9.17, 15) is 10.1 Å². The van der Waals surface area contributed by atoms with Crippen LogP contribution in [0.1, 0.15) is 0 Å². The lowest BCUT2D eigenvalue weighted by molar-refractivity contribution is -0.383. The van der Waals surface area contributed by atoms with Gasteiger partial charge in [0.25, 0.3) is 0 Å². The first kappa shape index (κ1) is 11.1. The topological polar surface area (TPSA) is 99.3 Å². The maximum atomic E-state index is 10.9. The number of nitrogen functional groups attached to an aromatic ring is 1. The Bertz CT molecular complexity index is 766. The third-order valence-corrected chi connectivity index (χ3v) is 2.75. The van der Waals surface area contributed by atoms with E-state index in [0.717, 1.165) is 11.8 Å². The zero-order valence-corrected chi connectivity index (χ0v) is 9.72. The summed E-state index contributed by atoms with van der Waals surface area (Å²) in [4.78, 5) is 14.6. The molecule has 0 bridgehead atoms. The van der Waals surface area contributed by atoms with Crippen LogP contribution in [0.4, 0.5) is 11.5 Å². The van der Waals surface area contributed by atoms with Crippen LogP contribution in [0.5, 0.6) is 0 Å². The first-order valence-corrected chi connectivity index (χ1v) is 5.51. The summed E-state index contributed by atoms with van der Waals surface area (Å²) in [5.74, 6) is 0.303. The molecule has 1 aromatic carbocycles. The summed E-state index contributed by atoms with van der Waals surface area (Å²) in [6.07, 6.45) is 1.15. The minimum atomic E-state index is -0.524. The van der Waals surface area contributed by atoms with Gasteiger partial charge < -0.3 is 5.73 Å². The van der Waals surface area contributed by atoms with Gasteiger partial charge in [-0.1, -0.05) is 30.3 Å². The lowest BCUT2D eigenvalue weighted by atomic mass is 10.1. The first-order chi connectivity index (χ1) is 9.16. The van der Waals surface area contributed by atoms with Crippen molar-refractivity contribution in [3.63, 3.8) is 0 Å². The van der Waals surface area contributed by atoms with Gasteiger partial charge in [-0.05, 0) is 0 Å². The molecule has 94 valence electrons. The van der Waals surface area contributed by atoms with Gasteiger partial charge in [0, 0.05) is 11.6 Å². The molecule has 2 N–H and O–H groups in total. The quantitative estimate of drug-likeness (QED) is 0.556. The van der Waals surface area contributed by atoms with Crippen molar-refractivity contribution >= 4 is 17.2 Å². The van der Waals surface area contributed by atoms with Crippen LogP contribution in [0.25, 0.3) is 16.9 Å². The van der Waals surface area contributed by atoms with E-state index in [1.807, 2.05) is 30.3 Å². The van der Waals surface area contributed by atoms with E-state index >= 15 is 0 Å². The fraction of sp³-hybridized carbons (Fsp3) is 0. The van der Waals surface area contributed by atoms with Crippen LogP contribution in [0.15, 0.2) is 42.6 Å². The summed E-state index contributed by atoms with van der Waals surface area (Å²) in [6, 6.07) is 11.0. The van der Waals surface area contributed by atoms with Crippen LogP contribution in [0.2, 0.25) is 0 Å². The van der Waals surface area contributed by atoms with E-state index < -0.39 is 4.92 Å². The summed E-state index contributed by atoms with van der Waals surface area (Å²) in [5, 5.41) is 14.8. The highest BCUT2D eigenvalue weighted by atomic mass is 16.6. The van der Waals surface area contributed by atoms with Gasteiger partial charge in [-0.25, -0.2) is 4.98 Å². The lowest BCUT2D eigenvalue weighted by Crippen LogP contribution is -2.01. The van der Waals surface area contributed by atoms with Crippen LogP contribution in [0.3, 0.4) is 0 Å². The van der Waals surface area contributed by atoms with Gasteiger partial charge in [-0.3, -0.25) is 10.1 Å². The summed E-state index contributed by atoms with van der Waals surface area (Å²) in [5.41, 5.74) is 7.24. The molecular weight excluding hydrogens is 246 g/mol. The van der Waals surface area contributed by atoms with Crippen LogP contribution < -0.4 is 5.73 Å². The highest BCUT2D eigenvalue weighted by Crippen LogP contribution is 2.25. The van der Waals surface area contributed by atoms with Crippen molar-refractivity contribution in [1.82, 2.24) is 14.6 Å². The second kappa shape index (κ2) is 4.05. The van der Waals surface area contributed by atoms with Gasteiger partial charge in [-0.15, -0.1) is 0 Å². The molecule has 0 aliphatic carbocycles. The van der Waals surface area contributed by atoms with Gasteiger partial charge in [0.15, 0.2) is 0 Å². The first-order valence-electron chi connectivity index (χ1n) is 5.51.